The average molecular weight is 586 g/mol. The van der Waals surface area contributed by atoms with Gasteiger partial charge in [0.15, 0.2) is 0 Å². The lowest BCUT2D eigenvalue weighted by molar-refractivity contribution is -0.111. The van der Waals surface area contributed by atoms with Crippen molar-refractivity contribution >= 4 is 28.5 Å². The van der Waals surface area contributed by atoms with E-state index in [4.69, 9.17) is 9.47 Å². The molecule has 42 heavy (non-hydrogen) atoms. The summed E-state index contributed by atoms with van der Waals surface area (Å²) in [7, 11) is -1.20. The van der Waals surface area contributed by atoms with Crippen LogP contribution < -0.4 is 10.1 Å². The number of nitrogens with zero attached hydrogens (tertiary/aromatic N) is 2. The third-order valence-electron chi connectivity index (χ3n) is 6.57. The fraction of sp³-hybridized carbons (Fsp3) is 0.294. The summed E-state index contributed by atoms with van der Waals surface area (Å²) < 4.78 is 26.2. The molecular formula is C34H39N3O4S. The van der Waals surface area contributed by atoms with Gasteiger partial charge in [-0.25, -0.2) is 4.98 Å². The van der Waals surface area contributed by atoms with Crippen LogP contribution in [0.4, 0.5) is 5.69 Å². The molecule has 4 aromatic rings. The van der Waals surface area contributed by atoms with Gasteiger partial charge in [0.05, 0.1) is 35.2 Å². The minimum Gasteiger partial charge on any atom is -0.491 e. The summed E-state index contributed by atoms with van der Waals surface area (Å²) in [6, 6.07) is 23.1. The molecular weight excluding hydrogens is 546 g/mol. The summed E-state index contributed by atoms with van der Waals surface area (Å²) in [6.45, 7) is 6.99. The zero-order valence-electron chi connectivity index (χ0n) is 24.3. The molecule has 220 valence electrons. The lowest BCUT2D eigenvalue weighted by Crippen LogP contribution is -2.08. The van der Waals surface area contributed by atoms with Gasteiger partial charge in [-0.2, -0.15) is 0 Å². The Balaban J connectivity index is 1.27. The van der Waals surface area contributed by atoms with E-state index in [9.17, 15) is 9.00 Å². The highest BCUT2D eigenvalue weighted by atomic mass is 32.2. The highest BCUT2D eigenvalue weighted by Gasteiger charge is 2.10. The third-order valence-corrected chi connectivity index (χ3v) is 7.92. The molecule has 1 heterocycles. The molecule has 1 amide bonds. The topological polar surface area (TPSA) is 82.4 Å². The van der Waals surface area contributed by atoms with E-state index in [-0.39, 0.29) is 5.91 Å². The van der Waals surface area contributed by atoms with Crippen LogP contribution in [-0.2, 0) is 32.6 Å². The van der Waals surface area contributed by atoms with Gasteiger partial charge in [0, 0.05) is 36.0 Å². The predicted molar refractivity (Wildman–Crippen MR) is 170 cm³/mol. The second-order valence-electron chi connectivity index (χ2n) is 9.88. The summed E-state index contributed by atoms with van der Waals surface area (Å²) in [5, 5.41) is 2.87. The van der Waals surface area contributed by atoms with Gasteiger partial charge in [0.2, 0.25) is 5.91 Å². The molecule has 1 aromatic heterocycles. The molecule has 0 fully saturated rings. The Bertz CT molecular complexity index is 1460. The molecule has 0 unspecified atom stereocenters. The number of hydrogen-bond acceptors (Lipinski definition) is 5. The van der Waals surface area contributed by atoms with Crippen molar-refractivity contribution in [3.05, 3.63) is 103 Å². The lowest BCUT2D eigenvalue weighted by Gasteiger charge is -2.08. The predicted octanol–water partition coefficient (Wildman–Crippen LogP) is 7.12. The quantitative estimate of drug-likeness (QED) is 0.112. The van der Waals surface area contributed by atoms with E-state index in [1.54, 1.807) is 42.9 Å². The number of benzene rings is 3. The molecule has 0 aliphatic carbocycles. The van der Waals surface area contributed by atoms with E-state index in [1.807, 2.05) is 53.1 Å². The van der Waals surface area contributed by atoms with Gasteiger partial charge in [0.25, 0.3) is 0 Å². The van der Waals surface area contributed by atoms with Gasteiger partial charge in [-0.05, 0) is 78.1 Å². The van der Waals surface area contributed by atoms with Gasteiger partial charge >= 0.3 is 0 Å². The highest BCUT2D eigenvalue weighted by Crippen LogP contribution is 2.24. The van der Waals surface area contributed by atoms with Crippen LogP contribution in [0.2, 0.25) is 0 Å². The van der Waals surface area contributed by atoms with Gasteiger partial charge in [0.1, 0.15) is 12.4 Å². The number of unbranched alkanes of at least 4 members (excludes halogenated alkanes) is 1. The van der Waals surface area contributed by atoms with Crippen molar-refractivity contribution in [2.75, 3.05) is 25.1 Å². The number of hydrogen-bond donors (Lipinski definition) is 1. The van der Waals surface area contributed by atoms with E-state index in [2.05, 4.69) is 24.1 Å². The third kappa shape index (κ3) is 9.53. The Kier molecular flexibility index (Phi) is 12.1. The van der Waals surface area contributed by atoms with Crippen molar-refractivity contribution in [1.82, 2.24) is 9.55 Å². The largest absolute Gasteiger partial charge is 0.491 e. The number of nitrogens with one attached hydrogen (secondary N) is 1. The fourth-order valence-corrected chi connectivity index (χ4v) is 5.42. The van der Waals surface area contributed by atoms with Crippen LogP contribution in [0.15, 0.2) is 96.3 Å². The number of imidazole rings is 1. The monoisotopic (exact) mass is 585 g/mol. The Hall–Kier alpha value is -4.01. The number of ether oxygens (including phenoxy) is 2. The maximum Gasteiger partial charge on any atom is 0.248 e. The second kappa shape index (κ2) is 16.4. The first-order chi connectivity index (χ1) is 20.6. The molecule has 3 aromatic carbocycles. The van der Waals surface area contributed by atoms with Gasteiger partial charge in [-0.1, -0.05) is 50.6 Å². The van der Waals surface area contributed by atoms with E-state index >= 15 is 0 Å². The van der Waals surface area contributed by atoms with E-state index in [1.165, 1.54) is 6.08 Å². The van der Waals surface area contributed by atoms with Crippen LogP contribution in [0.3, 0.4) is 0 Å². The van der Waals surface area contributed by atoms with Crippen LogP contribution in [-0.4, -0.2) is 39.5 Å². The molecule has 0 saturated carbocycles. The molecule has 1 atom stereocenters. The van der Waals surface area contributed by atoms with Crippen molar-refractivity contribution in [1.29, 1.82) is 0 Å². The number of carbonyl (C=O) groups excluding carboxylic acids is 1. The average Bonchev–Trinajstić information content (AvgIpc) is 3.45. The molecule has 0 bridgehead atoms. The number of anilines is 1. The Labute approximate surface area is 251 Å². The first kappa shape index (κ1) is 30.9. The molecule has 8 heteroatoms. The minimum absolute atomic E-state index is 0.238. The zero-order chi connectivity index (χ0) is 29.6. The molecule has 0 saturated heterocycles. The summed E-state index contributed by atoms with van der Waals surface area (Å²) in [5.41, 5.74) is 4.62. The molecule has 0 aliphatic heterocycles. The van der Waals surface area contributed by atoms with Crippen molar-refractivity contribution in [3.8, 4) is 16.9 Å². The highest BCUT2D eigenvalue weighted by molar-refractivity contribution is 7.84. The molecule has 0 spiro atoms. The molecule has 0 radical (unpaired) electrons. The van der Waals surface area contributed by atoms with E-state index in [0.717, 1.165) is 60.5 Å². The van der Waals surface area contributed by atoms with Crippen molar-refractivity contribution in [3.63, 3.8) is 0 Å². The number of aromatic nitrogens is 2. The summed E-state index contributed by atoms with van der Waals surface area (Å²) in [5.74, 6) is 0.974. The minimum atomic E-state index is -1.20. The second-order valence-corrected chi connectivity index (χ2v) is 11.3. The Morgan fingerprint density at radius 1 is 0.952 bits per heavy atom. The maximum absolute atomic E-state index is 12.9. The SMILES string of the molecule is CCCCOCCOc1ccc(-c2cccc(/C=C/C(=O)Nc3ccc([S@@](=O)Cc4cncn4CCC)cc3)c2)cc1. The first-order valence-electron chi connectivity index (χ1n) is 14.4. The normalized spacial score (nSPS) is 12.0. The number of rotatable bonds is 16. The Morgan fingerprint density at radius 2 is 1.76 bits per heavy atom. The van der Waals surface area contributed by atoms with Crippen LogP contribution in [0.25, 0.3) is 17.2 Å². The standard InChI is InChI=1S/C34H39N3O4S/c1-3-5-20-40-21-22-41-32-14-10-28(11-15-32)29-8-6-7-27(23-29)9-18-34(38)36-30-12-16-33(17-13-30)42(39)25-31-24-35-26-37(31)19-4-2/h6-18,23-24,26H,3-5,19-22,25H2,1-2H3,(H,36,38)/b18-9+/t42-/m0/s1. The first-order valence-corrected chi connectivity index (χ1v) is 15.7. The van der Waals surface area contributed by atoms with E-state index in [0.29, 0.717) is 29.5 Å². The molecule has 0 aliphatic rings. The molecule has 1 N–H and O–H groups in total. The summed E-state index contributed by atoms with van der Waals surface area (Å²) in [6.07, 6.45) is 10.0. The summed E-state index contributed by atoms with van der Waals surface area (Å²) in [4.78, 5) is 17.5. The maximum atomic E-state index is 12.9. The van der Waals surface area contributed by atoms with Crippen LogP contribution in [0.1, 0.15) is 44.4 Å². The fourth-order valence-electron chi connectivity index (χ4n) is 4.31. The molecule has 4 rings (SSSR count). The van der Waals surface area contributed by atoms with Crippen molar-refractivity contribution < 1.29 is 18.5 Å². The Morgan fingerprint density at radius 3 is 2.52 bits per heavy atom. The number of amides is 1. The van der Waals surface area contributed by atoms with Crippen LogP contribution in [0, 0.1) is 0 Å². The van der Waals surface area contributed by atoms with Gasteiger partial charge in [-0.3, -0.25) is 9.00 Å². The molecule has 7 nitrogen and oxygen atoms in total. The number of carbonyl (C=O) groups is 1. The van der Waals surface area contributed by atoms with Crippen molar-refractivity contribution in [2.45, 2.75) is 50.3 Å². The van der Waals surface area contributed by atoms with E-state index < -0.39 is 10.8 Å². The zero-order valence-corrected chi connectivity index (χ0v) is 25.1. The number of aryl methyl sites for hydroxylation is 1. The van der Waals surface area contributed by atoms with Crippen LogP contribution >= 0.6 is 0 Å². The van der Waals surface area contributed by atoms with Crippen LogP contribution in [0.5, 0.6) is 5.75 Å². The lowest BCUT2D eigenvalue weighted by atomic mass is 10.0. The smallest absolute Gasteiger partial charge is 0.248 e. The van der Waals surface area contributed by atoms with Crippen molar-refractivity contribution in [2.24, 2.45) is 0 Å². The summed E-state index contributed by atoms with van der Waals surface area (Å²) >= 11 is 0. The van der Waals surface area contributed by atoms with Gasteiger partial charge in [-0.15, -0.1) is 0 Å². The van der Waals surface area contributed by atoms with Gasteiger partial charge < -0.3 is 19.4 Å².